The van der Waals surface area contributed by atoms with Crippen molar-refractivity contribution in [3.05, 3.63) is 30.0 Å². The van der Waals surface area contributed by atoms with E-state index in [0.717, 1.165) is 11.1 Å². The molecule has 2 aromatic heterocycles. The number of anilines is 1. The molecule has 0 bridgehead atoms. The van der Waals surface area contributed by atoms with Crippen LogP contribution in [-0.2, 0) is 11.3 Å². The van der Waals surface area contributed by atoms with E-state index in [1.165, 1.54) is 0 Å². The third kappa shape index (κ3) is 4.61. The maximum atomic E-state index is 12.7. The monoisotopic (exact) mass is 449 g/mol. The Morgan fingerprint density at radius 3 is 2.64 bits per heavy atom. The van der Waals surface area contributed by atoms with Crippen molar-refractivity contribution in [2.75, 3.05) is 12.1 Å². The van der Waals surface area contributed by atoms with Gasteiger partial charge < -0.3 is 19.9 Å². The minimum atomic E-state index is -0.868. The van der Waals surface area contributed by atoms with Crippen molar-refractivity contribution in [2.24, 2.45) is 5.41 Å². The van der Waals surface area contributed by atoms with Crippen molar-refractivity contribution >= 4 is 22.8 Å². The molecule has 0 unspecified atom stereocenters. The predicted octanol–water partition coefficient (Wildman–Crippen LogP) is 3.84. The van der Waals surface area contributed by atoms with Gasteiger partial charge in [-0.2, -0.15) is 10.4 Å². The quantitative estimate of drug-likeness (QED) is 0.607. The van der Waals surface area contributed by atoms with E-state index in [1.54, 1.807) is 36.9 Å². The van der Waals surface area contributed by atoms with Crippen LogP contribution in [0.15, 0.2) is 24.4 Å². The summed E-state index contributed by atoms with van der Waals surface area (Å²) in [5.74, 6) is 1.17. The number of fused-ring (bicyclic) bond motifs is 2. The number of rotatable bonds is 5. The van der Waals surface area contributed by atoms with Crippen LogP contribution in [-0.4, -0.2) is 38.2 Å². The van der Waals surface area contributed by atoms with Gasteiger partial charge in [0.15, 0.2) is 23.0 Å². The zero-order valence-electron chi connectivity index (χ0n) is 19.4. The van der Waals surface area contributed by atoms with Gasteiger partial charge in [-0.3, -0.25) is 4.79 Å². The van der Waals surface area contributed by atoms with E-state index in [1.807, 2.05) is 26.8 Å². The Kier molecular flexibility index (Phi) is 5.50. The third-order valence-corrected chi connectivity index (χ3v) is 5.36. The molecule has 1 amide bonds. The lowest BCUT2D eigenvalue weighted by Gasteiger charge is -2.17. The first-order valence-corrected chi connectivity index (χ1v) is 10.7. The summed E-state index contributed by atoms with van der Waals surface area (Å²) in [6, 6.07) is 7.55. The van der Waals surface area contributed by atoms with Crippen LogP contribution in [0.5, 0.6) is 11.5 Å². The molecule has 0 saturated carbocycles. The molecule has 1 aliphatic rings. The fourth-order valence-electron chi connectivity index (χ4n) is 3.40. The maximum absolute atomic E-state index is 12.7. The van der Waals surface area contributed by atoms with E-state index >= 15 is 0 Å². The van der Waals surface area contributed by atoms with Crippen LogP contribution in [0.25, 0.3) is 22.2 Å². The van der Waals surface area contributed by atoms with Gasteiger partial charge >= 0.3 is 0 Å². The molecule has 0 radical (unpaired) electrons. The first kappa shape index (κ1) is 22.6. The summed E-state index contributed by atoms with van der Waals surface area (Å²) in [4.78, 5) is 17.3. The Morgan fingerprint density at radius 1 is 1.21 bits per heavy atom. The Bertz CT molecular complexity index is 1280. The van der Waals surface area contributed by atoms with E-state index in [0.29, 0.717) is 46.9 Å². The maximum Gasteiger partial charge on any atom is 0.231 e. The third-order valence-electron chi connectivity index (χ3n) is 5.36. The predicted molar refractivity (Wildman–Crippen MR) is 123 cm³/mol. The second-order valence-electron chi connectivity index (χ2n) is 9.80. The Balaban J connectivity index is 1.81. The molecular weight excluding hydrogens is 422 g/mol. The second kappa shape index (κ2) is 8.05. The van der Waals surface area contributed by atoms with Crippen LogP contribution in [0.3, 0.4) is 0 Å². The normalized spacial score (nSPS) is 13.2. The highest BCUT2D eigenvalue weighted by Gasteiger charge is 2.25. The minimum absolute atomic E-state index is 0.0711. The highest BCUT2D eigenvalue weighted by Crippen LogP contribution is 2.40. The van der Waals surface area contributed by atoms with Crippen molar-refractivity contribution in [3.8, 4) is 28.7 Å². The van der Waals surface area contributed by atoms with E-state index in [4.69, 9.17) is 9.47 Å². The first-order chi connectivity index (χ1) is 15.5. The zero-order valence-corrected chi connectivity index (χ0v) is 19.4. The standard InChI is InChI=1S/C24H27N5O4/c1-23(2,3)22(30)27-20-17-9-16(12-26-21(17)29(28-20)7-6-24(4,5)31)14-8-15(11-25)19-18(10-14)32-13-33-19/h8-10,12,31H,6-7,13H2,1-5H3,(H,27,28,30). The number of hydrogen-bond donors (Lipinski definition) is 2. The number of hydrogen-bond acceptors (Lipinski definition) is 7. The summed E-state index contributed by atoms with van der Waals surface area (Å²) in [5, 5.41) is 27.8. The Morgan fingerprint density at radius 2 is 1.97 bits per heavy atom. The molecule has 3 aromatic rings. The first-order valence-electron chi connectivity index (χ1n) is 10.7. The summed E-state index contributed by atoms with van der Waals surface area (Å²) in [6.45, 7) is 9.46. The van der Waals surface area contributed by atoms with Crippen LogP contribution in [0, 0.1) is 16.7 Å². The summed E-state index contributed by atoms with van der Waals surface area (Å²) in [5.41, 5.74) is 0.976. The minimum Gasteiger partial charge on any atom is -0.454 e. The van der Waals surface area contributed by atoms with Gasteiger partial charge in [-0.05, 0) is 44.0 Å². The highest BCUT2D eigenvalue weighted by atomic mass is 16.7. The molecule has 1 aromatic carbocycles. The van der Waals surface area contributed by atoms with Gasteiger partial charge in [0.1, 0.15) is 6.07 Å². The van der Waals surface area contributed by atoms with Crippen LogP contribution in [0.2, 0.25) is 0 Å². The number of nitrogens with zero attached hydrogens (tertiary/aromatic N) is 4. The van der Waals surface area contributed by atoms with Crippen molar-refractivity contribution in [1.29, 1.82) is 5.26 Å². The number of aryl methyl sites for hydroxylation is 1. The fourth-order valence-corrected chi connectivity index (χ4v) is 3.40. The van der Waals surface area contributed by atoms with Crippen molar-refractivity contribution in [3.63, 3.8) is 0 Å². The summed E-state index contributed by atoms with van der Waals surface area (Å²) in [7, 11) is 0. The molecular formula is C24H27N5O4. The smallest absolute Gasteiger partial charge is 0.231 e. The number of carbonyl (C=O) groups excluding carboxylic acids is 1. The topological polar surface area (TPSA) is 122 Å². The van der Waals surface area contributed by atoms with Gasteiger partial charge in [-0.15, -0.1) is 0 Å². The fraction of sp³-hybridized carbons (Fsp3) is 0.417. The molecule has 0 aliphatic carbocycles. The number of ether oxygens (including phenoxy) is 2. The van der Waals surface area contributed by atoms with Crippen LogP contribution in [0.1, 0.15) is 46.6 Å². The lowest BCUT2D eigenvalue weighted by Crippen LogP contribution is -2.28. The molecule has 0 atom stereocenters. The average Bonchev–Trinajstić information content (AvgIpc) is 3.34. The number of nitrogens with one attached hydrogen (secondary N) is 1. The summed E-state index contributed by atoms with van der Waals surface area (Å²) in [6.07, 6.45) is 2.16. The lowest BCUT2D eigenvalue weighted by atomic mass is 9.96. The molecule has 4 rings (SSSR count). The van der Waals surface area contributed by atoms with E-state index in [2.05, 4.69) is 21.5 Å². The SMILES string of the molecule is CC(C)(O)CCn1nc(NC(=O)C(C)(C)C)c2cc(-c3cc(C#N)c4c(c3)OCO4)cnc21. The summed E-state index contributed by atoms with van der Waals surface area (Å²) < 4.78 is 12.6. The average molecular weight is 450 g/mol. The molecule has 33 heavy (non-hydrogen) atoms. The number of amides is 1. The number of aliphatic hydroxyl groups is 1. The Hall–Kier alpha value is -3.64. The van der Waals surface area contributed by atoms with Gasteiger partial charge in [0.05, 0.1) is 16.6 Å². The van der Waals surface area contributed by atoms with E-state index in [9.17, 15) is 15.2 Å². The summed E-state index contributed by atoms with van der Waals surface area (Å²) >= 11 is 0. The molecule has 9 heteroatoms. The van der Waals surface area contributed by atoms with E-state index < -0.39 is 11.0 Å². The van der Waals surface area contributed by atoms with Gasteiger partial charge in [0, 0.05) is 23.7 Å². The Labute approximate surface area is 191 Å². The molecule has 0 fully saturated rings. The molecule has 0 spiro atoms. The number of pyridine rings is 1. The zero-order chi connectivity index (χ0) is 24.0. The number of aromatic nitrogens is 3. The largest absolute Gasteiger partial charge is 0.454 e. The molecule has 0 saturated heterocycles. The van der Waals surface area contributed by atoms with Gasteiger partial charge in [0.25, 0.3) is 0 Å². The van der Waals surface area contributed by atoms with Gasteiger partial charge in [-0.25, -0.2) is 9.67 Å². The van der Waals surface area contributed by atoms with Crippen LogP contribution in [0.4, 0.5) is 5.82 Å². The molecule has 172 valence electrons. The number of benzene rings is 1. The van der Waals surface area contributed by atoms with E-state index in [-0.39, 0.29) is 12.7 Å². The second-order valence-corrected chi connectivity index (χ2v) is 9.80. The molecule has 9 nitrogen and oxygen atoms in total. The lowest BCUT2D eigenvalue weighted by molar-refractivity contribution is -0.123. The van der Waals surface area contributed by atoms with Crippen molar-refractivity contribution < 1.29 is 19.4 Å². The van der Waals surface area contributed by atoms with Crippen LogP contribution >= 0.6 is 0 Å². The number of nitriles is 1. The molecule has 2 N–H and O–H groups in total. The molecule has 3 heterocycles. The van der Waals surface area contributed by atoms with Crippen molar-refractivity contribution in [1.82, 2.24) is 14.8 Å². The van der Waals surface area contributed by atoms with Crippen molar-refractivity contribution in [2.45, 2.75) is 53.2 Å². The highest BCUT2D eigenvalue weighted by molar-refractivity contribution is 6.01. The number of carbonyl (C=O) groups is 1. The molecule has 1 aliphatic heterocycles. The van der Waals surface area contributed by atoms with Gasteiger partial charge in [-0.1, -0.05) is 20.8 Å². The van der Waals surface area contributed by atoms with Crippen LogP contribution < -0.4 is 14.8 Å². The van der Waals surface area contributed by atoms with Gasteiger partial charge in [0.2, 0.25) is 12.7 Å².